The quantitative estimate of drug-likeness (QED) is 0.620. The van der Waals surface area contributed by atoms with Crippen LogP contribution in [0.2, 0.25) is 0 Å². The molecule has 7 heteroatoms. The van der Waals surface area contributed by atoms with E-state index in [2.05, 4.69) is 15.5 Å². The van der Waals surface area contributed by atoms with Crippen LogP contribution < -0.4 is 5.32 Å². The Bertz CT molecular complexity index is 1150. The van der Waals surface area contributed by atoms with Gasteiger partial charge in [0.2, 0.25) is 0 Å². The molecule has 1 amide bonds. The van der Waals surface area contributed by atoms with Crippen LogP contribution in [0.4, 0.5) is 5.69 Å². The summed E-state index contributed by atoms with van der Waals surface area (Å²) in [5.74, 6) is -0.235. The number of rotatable bonds is 3. The van der Waals surface area contributed by atoms with Crippen LogP contribution >= 0.6 is 0 Å². The third-order valence-electron chi connectivity index (χ3n) is 4.04. The fraction of sp³-hybridized carbons (Fsp3) is 0.0526. The van der Waals surface area contributed by atoms with Gasteiger partial charge in [0, 0.05) is 23.7 Å². The molecule has 0 atom stereocenters. The monoisotopic (exact) mass is 342 g/mol. The largest absolute Gasteiger partial charge is 0.322 e. The van der Waals surface area contributed by atoms with Gasteiger partial charge in [-0.05, 0) is 42.5 Å². The standard InChI is InChI=1S/C19H14N6O/c1-24-12-17(11-21-24)25-18-8-16(7-6-15(18)10-22-25)23-19(26)14-4-2-13(9-20)3-5-14/h2-8,10-12H,1H3,(H,23,26). The fourth-order valence-electron chi connectivity index (χ4n) is 2.72. The molecule has 0 fully saturated rings. The van der Waals surface area contributed by atoms with Crippen molar-refractivity contribution in [1.29, 1.82) is 5.26 Å². The second-order valence-electron chi connectivity index (χ2n) is 5.85. The van der Waals surface area contributed by atoms with Gasteiger partial charge in [0.1, 0.15) is 5.69 Å². The first-order valence-corrected chi connectivity index (χ1v) is 7.92. The van der Waals surface area contributed by atoms with Gasteiger partial charge in [0.05, 0.1) is 35.7 Å². The smallest absolute Gasteiger partial charge is 0.255 e. The Morgan fingerprint density at radius 1 is 1.12 bits per heavy atom. The Morgan fingerprint density at radius 2 is 1.92 bits per heavy atom. The number of carbonyl (C=O) groups excluding carboxylic acids is 1. The van der Waals surface area contributed by atoms with Crippen molar-refractivity contribution in [1.82, 2.24) is 19.6 Å². The summed E-state index contributed by atoms with van der Waals surface area (Å²) >= 11 is 0. The Hall–Kier alpha value is -3.92. The second kappa shape index (κ2) is 6.18. The number of hydrogen-bond acceptors (Lipinski definition) is 4. The average molecular weight is 342 g/mol. The molecule has 0 unspecified atom stereocenters. The van der Waals surface area contributed by atoms with Gasteiger partial charge in [-0.25, -0.2) is 4.68 Å². The number of aryl methyl sites for hydroxylation is 1. The van der Waals surface area contributed by atoms with Crippen molar-refractivity contribution >= 4 is 22.5 Å². The number of nitrogens with one attached hydrogen (secondary N) is 1. The Morgan fingerprint density at radius 3 is 2.62 bits per heavy atom. The zero-order chi connectivity index (χ0) is 18.1. The maximum atomic E-state index is 12.4. The van der Waals surface area contributed by atoms with E-state index in [4.69, 9.17) is 5.26 Å². The van der Waals surface area contributed by atoms with Gasteiger partial charge < -0.3 is 5.32 Å². The summed E-state index contributed by atoms with van der Waals surface area (Å²) in [5, 5.41) is 21.2. The van der Waals surface area contributed by atoms with E-state index in [0.717, 1.165) is 16.6 Å². The predicted molar refractivity (Wildman–Crippen MR) is 96.9 cm³/mol. The third kappa shape index (κ3) is 2.80. The highest BCUT2D eigenvalue weighted by Gasteiger charge is 2.10. The van der Waals surface area contributed by atoms with E-state index in [0.29, 0.717) is 16.8 Å². The summed E-state index contributed by atoms with van der Waals surface area (Å²) in [5.41, 5.74) is 3.39. The number of benzene rings is 2. The molecule has 0 aliphatic rings. The normalized spacial score (nSPS) is 10.6. The molecule has 0 saturated carbocycles. The van der Waals surface area contributed by atoms with Gasteiger partial charge in [-0.3, -0.25) is 9.48 Å². The van der Waals surface area contributed by atoms with Gasteiger partial charge in [0.25, 0.3) is 5.91 Å². The molecule has 26 heavy (non-hydrogen) atoms. The summed E-state index contributed by atoms with van der Waals surface area (Å²) < 4.78 is 3.49. The minimum absolute atomic E-state index is 0.235. The molecule has 0 aliphatic heterocycles. The lowest BCUT2D eigenvalue weighted by atomic mass is 10.1. The number of aromatic nitrogens is 4. The van der Waals surface area contributed by atoms with E-state index in [1.807, 2.05) is 37.5 Å². The minimum Gasteiger partial charge on any atom is -0.322 e. The number of nitriles is 1. The molecule has 4 aromatic rings. The van der Waals surface area contributed by atoms with Crippen molar-refractivity contribution in [2.24, 2.45) is 7.05 Å². The van der Waals surface area contributed by atoms with Crippen LogP contribution in [0.1, 0.15) is 15.9 Å². The van der Waals surface area contributed by atoms with Crippen LogP contribution in [-0.4, -0.2) is 25.5 Å². The molecular formula is C19H14N6O. The van der Waals surface area contributed by atoms with Crippen LogP contribution in [0.25, 0.3) is 16.6 Å². The first-order chi connectivity index (χ1) is 12.6. The highest BCUT2D eigenvalue weighted by atomic mass is 16.1. The van der Waals surface area contributed by atoms with E-state index in [9.17, 15) is 4.79 Å². The zero-order valence-corrected chi connectivity index (χ0v) is 13.9. The Kier molecular flexibility index (Phi) is 3.71. The fourth-order valence-corrected chi connectivity index (χ4v) is 2.72. The van der Waals surface area contributed by atoms with Crippen LogP contribution in [0.3, 0.4) is 0 Å². The van der Waals surface area contributed by atoms with Crippen molar-refractivity contribution in [3.63, 3.8) is 0 Å². The van der Waals surface area contributed by atoms with E-state index < -0.39 is 0 Å². The number of anilines is 1. The molecular weight excluding hydrogens is 328 g/mol. The topological polar surface area (TPSA) is 88.5 Å². The number of carbonyl (C=O) groups is 1. The van der Waals surface area contributed by atoms with Crippen molar-refractivity contribution < 1.29 is 4.79 Å². The number of nitrogens with zero attached hydrogens (tertiary/aromatic N) is 5. The van der Waals surface area contributed by atoms with Gasteiger partial charge in [-0.1, -0.05) is 0 Å². The SMILES string of the molecule is Cn1cc(-n2ncc3ccc(NC(=O)c4ccc(C#N)cc4)cc32)cn1. The summed E-state index contributed by atoms with van der Waals surface area (Å²) in [6.45, 7) is 0. The predicted octanol–water partition coefficient (Wildman–Crippen LogP) is 2.88. The molecule has 1 N–H and O–H groups in total. The highest BCUT2D eigenvalue weighted by Crippen LogP contribution is 2.22. The van der Waals surface area contributed by atoms with Crippen LogP contribution in [0.15, 0.2) is 61.1 Å². The maximum Gasteiger partial charge on any atom is 0.255 e. The van der Waals surface area contributed by atoms with E-state index >= 15 is 0 Å². The molecule has 0 aliphatic carbocycles. The van der Waals surface area contributed by atoms with Crippen LogP contribution in [-0.2, 0) is 7.05 Å². The molecule has 2 aromatic heterocycles. The lowest BCUT2D eigenvalue weighted by Crippen LogP contribution is -2.11. The van der Waals surface area contributed by atoms with Gasteiger partial charge >= 0.3 is 0 Å². The Balaban J connectivity index is 1.64. The van der Waals surface area contributed by atoms with E-state index in [-0.39, 0.29) is 5.91 Å². The van der Waals surface area contributed by atoms with Crippen molar-refractivity contribution in [3.8, 4) is 11.8 Å². The molecule has 7 nitrogen and oxygen atoms in total. The molecule has 0 spiro atoms. The number of fused-ring (bicyclic) bond motifs is 1. The van der Waals surface area contributed by atoms with Gasteiger partial charge in [0.15, 0.2) is 0 Å². The summed E-state index contributed by atoms with van der Waals surface area (Å²) in [6, 6.07) is 14.1. The first kappa shape index (κ1) is 15.6. The lowest BCUT2D eigenvalue weighted by molar-refractivity contribution is 0.102. The van der Waals surface area contributed by atoms with Crippen molar-refractivity contribution in [2.45, 2.75) is 0 Å². The van der Waals surface area contributed by atoms with Crippen LogP contribution in [0.5, 0.6) is 0 Å². The lowest BCUT2D eigenvalue weighted by Gasteiger charge is -2.07. The van der Waals surface area contributed by atoms with Gasteiger partial charge in [-0.15, -0.1) is 0 Å². The minimum atomic E-state index is -0.235. The Labute approximate surface area is 149 Å². The molecule has 0 saturated heterocycles. The first-order valence-electron chi connectivity index (χ1n) is 7.92. The van der Waals surface area contributed by atoms with Crippen LogP contribution in [0, 0.1) is 11.3 Å². The summed E-state index contributed by atoms with van der Waals surface area (Å²) in [7, 11) is 1.85. The molecule has 2 heterocycles. The molecule has 4 rings (SSSR count). The molecule has 126 valence electrons. The van der Waals surface area contributed by atoms with Crippen molar-refractivity contribution in [2.75, 3.05) is 5.32 Å². The second-order valence-corrected chi connectivity index (χ2v) is 5.85. The van der Waals surface area contributed by atoms with E-state index in [1.165, 1.54) is 0 Å². The van der Waals surface area contributed by atoms with E-state index in [1.54, 1.807) is 46.0 Å². The molecule has 2 aromatic carbocycles. The average Bonchev–Trinajstić information content (AvgIpc) is 3.27. The number of hydrogen-bond donors (Lipinski definition) is 1. The highest BCUT2D eigenvalue weighted by molar-refractivity contribution is 6.05. The third-order valence-corrected chi connectivity index (χ3v) is 4.04. The molecule has 0 bridgehead atoms. The maximum absolute atomic E-state index is 12.4. The van der Waals surface area contributed by atoms with Gasteiger partial charge in [-0.2, -0.15) is 15.5 Å². The molecule has 0 radical (unpaired) electrons. The summed E-state index contributed by atoms with van der Waals surface area (Å²) in [4.78, 5) is 12.4. The van der Waals surface area contributed by atoms with Crippen molar-refractivity contribution in [3.05, 3.63) is 72.2 Å². The number of amides is 1. The zero-order valence-electron chi connectivity index (χ0n) is 13.9. The summed E-state index contributed by atoms with van der Waals surface area (Å²) in [6.07, 6.45) is 5.37.